The van der Waals surface area contributed by atoms with Crippen molar-refractivity contribution in [1.82, 2.24) is 15.3 Å². The molecule has 9 heteroatoms. The first kappa shape index (κ1) is 21.8. The Morgan fingerprint density at radius 3 is 2.84 bits per heavy atom. The lowest BCUT2D eigenvalue weighted by atomic mass is 10.1. The Kier molecular flexibility index (Phi) is 6.65. The molecule has 0 fully saturated rings. The number of amides is 1. The van der Waals surface area contributed by atoms with E-state index < -0.39 is 0 Å². The molecule has 0 radical (unpaired) electrons. The first-order valence-corrected chi connectivity index (χ1v) is 11.0. The lowest BCUT2D eigenvalue weighted by Crippen LogP contribution is -2.21. The van der Waals surface area contributed by atoms with Crippen LogP contribution in [0.15, 0.2) is 52.4 Å². The molecule has 7 nitrogen and oxygen atoms in total. The molecule has 1 aromatic heterocycles. The number of amidine groups is 1. The Morgan fingerprint density at radius 2 is 2.06 bits per heavy atom. The summed E-state index contributed by atoms with van der Waals surface area (Å²) in [6.45, 7) is 2.93. The molecule has 0 aliphatic carbocycles. The molecule has 2 heterocycles. The van der Waals surface area contributed by atoms with E-state index in [1.54, 1.807) is 19.2 Å². The first-order chi connectivity index (χ1) is 15.6. The summed E-state index contributed by atoms with van der Waals surface area (Å²) in [5.41, 5.74) is 2.45. The van der Waals surface area contributed by atoms with Crippen LogP contribution in [0.4, 0.5) is 10.3 Å². The minimum Gasteiger partial charge on any atom is -0.477 e. The number of nitrogens with zero attached hydrogens (tertiary/aromatic N) is 3. The van der Waals surface area contributed by atoms with E-state index in [4.69, 9.17) is 4.74 Å². The number of thioether (sulfide) groups is 1. The Labute approximate surface area is 189 Å². The minimum absolute atomic E-state index is 0.258. The number of carbonyl (C=O) groups excluding carboxylic acids is 1. The molecule has 3 aromatic rings. The molecule has 4 rings (SSSR count). The first-order valence-electron chi connectivity index (χ1n) is 10.2. The van der Waals surface area contributed by atoms with Crippen molar-refractivity contribution in [3.8, 4) is 5.88 Å². The number of fused-ring (bicyclic) bond motifs is 1. The van der Waals surface area contributed by atoms with E-state index in [-0.39, 0.29) is 11.7 Å². The summed E-state index contributed by atoms with van der Waals surface area (Å²) in [7, 11) is 1.75. The molecule has 0 atom stereocenters. The number of hydrogen-bond donors (Lipinski definition) is 2. The van der Waals surface area contributed by atoms with Crippen LogP contribution >= 0.6 is 11.8 Å². The normalized spacial score (nSPS) is 14.7. The van der Waals surface area contributed by atoms with Gasteiger partial charge < -0.3 is 15.4 Å². The minimum atomic E-state index is -0.296. The number of ether oxygens (including phenoxy) is 1. The van der Waals surface area contributed by atoms with Gasteiger partial charge >= 0.3 is 0 Å². The number of nitrogens with one attached hydrogen (secondary N) is 2. The number of anilines is 1. The second-order valence-corrected chi connectivity index (χ2v) is 7.98. The molecule has 164 valence electrons. The van der Waals surface area contributed by atoms with E-state index in [1.165, 1.54) is 23.9 Å². The van der Waals surface area contributed by atoms with Crippen LogP contribution in [-0.2, 0) is 11.2 Å². The molecule has 0 unspecified atom stereocenters. The van der Waals surface area contributed by atoms with E-state index in [1.807, 2.05) is 31.2 Å². The van der Waals surface area contributed by atoms with E-state index in [0.29, 0.717) is 41.5 Å². The van der Waals surface area contributed by atoms with Crippen molar-refractivity contribution in [3.63, 3.8) is 0 Å². The van der Waals surface area contributed by atoms with Gasteiger partial charge in [-0.2, -0.15) is 9.98 Å². The highest BCUT2D eigenvalue weighted by Crippen LogP contribution is 2.30. The second kappa shape index (κ2) is 9.78. The van der Waals surface area contributed by atoms with Gasteiger partial charge in [-0.05, 0) is 66.6 Å². The molecular weight excluding hydrogens is 429 g/mol. The third-order valence-corrected chi connectivity index (χ3v) is 5.63. The molecule has 1 aliphatic rings. The highest BCUT2D eigenvalue weighted by molar-refractivity contribution is 8.18. The summed E-state index contributed by atoms with van der Waals surface area (Å²) >= 11 is 1.28. The molecule has 1 aliphatic heterocycles. The third-order valence-electron chi connectivity index (χ3n) is 4.69. The van der Waals surface area contributed by atoms with Crippen molar-refractivity contribution in [1.29, 1.82) is 0 Å². The van der Waals surface area contributed by atoms with Crippen LogP contribution < -0.4 is 15.4 Å². The molecule has 32 heavy (non-hydrogen) atoms. The van der Waals surface area contributed by atoms with Crippen LogP contribution in [0.25, 0.3) is 17.0 Å². The van der Waals surface area contributed by atoms with Crippen molar-refractivity contribution in [2.45, 2.75) is 13.3 Å². The average molecular weight is 452 g/mol. The van der Waals surface area contributed by atoms with Gasteiger partial charge in [0.2, 0.25) is 11.8 Å². The molecule has 2 N–H and O–H groups in total. The summed E-state index contributed by atoms with van der Waals surface area (Å²) in [5.74, 6) is 0.417. The highest BCUT2D eigenvalue weighted by atomic mass is 32.2. The van der Waals surface area contributed by atoms with Crippen LogP contribution in [-0.4, -0.2) is 41.2 Å². The van der Waals surface area contributed by atoms with Gasteiger partial charge in [0, 0.05) is 13.6 Å². The lowest BCUT2D eigenvalue weighted by molar-refractivity contribution is -0.113. The lowest BCUT2D eigenvalue weighted by Gasteiger charge is -2.09. The SMILES string of the molecule is CCOc1nc(NC)nc2ccc(C=C3SC(NCCc4cccc(F)c4)=NC3=O)cc12. The fourth-order valence-corrected chi connectivity index (χ4v) is 4.05. The van der Waals surface area contributed by atoms with Gasteiger partial charge in [-0.3, -0.25) is 4.79 Å². The average Bonchev–Trinajstić information content (AvgIpc) is 3.13. The Hall–Kier alpha value is -3.46. The fourth-order valence-electron chi connectivity index (χ4n) is 3.21. The zero-order valence-electron chi connectivity index (χ0n) is 17.7. The maximum Gasteiger partial charge on any atom is 0.286 e. The van der Waals surface area contributed by atoms with Crippen LogP contribution in [0.2, 0.25) is 0 Å². The monoisotopic (exact) mass is 451 g/mol. The summed E-state index contributed by atoms with van der Waals surface area (Å²) in [4.78, 5) is 25.8. The summed E-state index contributed by atoms with van der Waals surface area (Å²) in [5, 5.41) is 7.38. The summed E-state index contributed by atoms with van der Waals surface area (Å²) in [6.07, 6.45) is 2.42. The second-order valence-electron chi connectivity index (χ2n) is 6.95. The summed E-state index contributed by atoms with van der Waals surface area (Å²) < 4.78 is 19.0. The van der Waals surface area contributed by atoms with Crippen molar-refractivity contribution < 1.29 is 13.9 Å². The van der Waals surface area contributed by atoms with Gasteiger partial charge in [-0.1, -0.05) is 18.2 Å². The van der Waals surface area contributed by atoms with Gasteiger partial charge in [0.05, 0.1) is 22.4 Å². The Bertz CT molecular complexity index is 1230. The zero-order chi connectivity index (χ0) is 22.5. The topological polar surface area (TPSA) is 88.5 Å². The van der Waals surface area contributed by atoms with Crippen LogP contribution in [0.3, 0.4) is 0 Å². The van der Waals surface area contributed by atoms with Crippen molar-refractivity contribution in [3.05, 3.63) is 64.3 Å². The number of benzene rings is 2. The zero-order valence-corrected chi connectivity index (χ0v) is 18.5. The smallest absolute Gasteiger partial charge is 0.286 e. The van der Waals surface area contributed by atoms with E-state index in [0.717, 1.165) is 22.0 Å². The number of rotatable bonds is 7. The molecule has 0 saturated heterocycles. The van der Waals surface area contributed by atoms with E-state index in [2.05, 4.69) is 25.6 Å². The largest absolute Gasteiger partial charge is 0.477 e. The molecule has 1 amide bonds. The molecule has 0 saturated carbocycles. The van der Waals surface area contributed by atoms with Gasteiger partial charge in [0.25, 0.3) is 5.91 Å². The maximum absolute atomic E-state index is 13.3. The number of hydrogen-bond acceptors (Lipinski definition) is 7. The van der Waals surface area contributed by atoms with Gasteiger partial charge in [-0.25, -0.2) is 9.37 Å². The van der Waals surface area contributed by atoms with Gasteiger partial charge in [0.15, 0.2) is 5.17 Å². The Morgan fingerprint density at radius 1 is 1.19 bits per heavy atom. The fraction of sp³-hybridized carbons (Fsp3) is 0.217. The number of carbonyl (C=O) groups is 1. The van der Waals surface area contributed by atoms with Gasteiger partial charge in [0.1, 0.15) is 5.82 Å². The predicted octanol–water partition coefficient (Wildman–Crippen LogP) is 4.01. The van der Waals surface area contributed by atoms with E-state index >= 15 is 0 Å². The predicted molar refractivity (Wildman–Crippen MR) is 126 cm³/mol. The van der Waals surface area contributed by atoms with E-state index in [9.17, 15) is 9.18 Å². The van der Waals surface area contributed by atoms with Gasteiger partial charge in [-0.15, -0.1) is 0 Å². The van der Waals surface area contributed by atoms with Crippen LogP contribution in [0.1, 0.15) is 18.1 Å². The third kappa shape index (κ3) is 5.05. The van der Waals surface area contributed by atoms with Crippen LogP contribution in [0, 0.1) is 5.82 Å². The standard InChI is InChI=1S/C23H22FN5O2S/c1-3-31-21-17-12-15(7-8-18(17)27-22(25-2)29-21)13-19-20(30)28-23(32-19)26-10-9-14-5-4-6-16(24)11-14/h4-8,11-13H,3,9-10H2,1-2H3,(H,25,27,29)(H,26,28,30). The maximum atomic E-state index is 13.3. The quantitative estimate of drug-likeness (QED) is 0.525. The van der Waals surface area contributed by atoms with Crippen molar-refractivity contribution in [2.24, 2.45) is 4.99 Å². The Balaban J connectivity index is 1.47. The van der Waals surface area contributed by atoms with Crippen LogP contribution in [0.5, 0.6) is 5.88 Å². The molecule has 2 aromatic carbocycles. The highest BCUT2D eigenvalue weighted by Gasteiger charge is 2.21. The number of aromatic nitrogens is 2. The van der Waals surface area contributed by atoms with Crippen molar-refractivity contribution >= 4 is 45.8 Å². The number of halogens is 1. The number of aliphatic imine (C=N–C) groups is 1. The molecular formula is C23H22FN5O2S. The molecule has 0 bridgehead atoms. The molecule has 0 spiro atoms. The van der Waals surface area contributed by atoms with Crippen molar-refractivity contribution in [2.75, 3.05) is 25.5 Å². The summed E-state index contributed by atoms with van der Waals surface area (Å²) in [6, 6.07) is 12.1.